The van der Waals surface area contributed by atoms with Crippen LogP contribution in [0.2, 0.25) is 0 Å². The summed E-state index contributed by atoms with van der Waals surface area (Å²) >= 11 is 0. The van der Waals surface area contributed by atoms with Crippen LogP contribution < -0.4 is 16.0 Å². The Hall–Kier alpha value is -3.96. The molecule has 4 rings (SSSR count). The van der Waals surface area contributed by atoms with Gasteiger partial charge in [-0.3, -0.25) is 34.2 Å². The van der Waals surface area contributed by atoms with Gasteiger partial charge in [0.15, 0.2) is 0 Å². The van der Waals surface area contributed by atoms with Crippen LogP contribution in [0.15, 0.2) is 30.3 Å². The average molecular weight is 547 g/mol. The minimum Gasteiger partial charge on any atom is -0.384 e. The number of halogens is 3. The number of carbonyl (C=O) groups is 5. The van der Waals surface area contributed by atoms with E-state index in [1.54, 1.807) is 18.2 Å². The van der Waals surface area contributed by atoms with Crippen LogP contribution in [0.3, 0.4) is 0 Å². The standard InChI is InChI=1S/C27H29F3N4O5/c28-27(29,30)26(39)32-15-6-4-2-1-3-5-14-31-18-11-10-16-8-7-9-17-21(16)22(18)25(38)34(24(17)37)19-12-13-20(35)33-23(19)36/h7-11,19,31H,1-6,12-15H2,(H,32,39)(H,33,35,36). The minimum atomic E-state index is -4.86. The van der Waals surface area contributed by atoms with Crippen LogP contribution in [0.25, 0.3) is 10.8 Å². The highest BCUT2D eigenvalue weighted by Crippen LogP contribution is 2.36. The van der Waals surface area contributed by atoms with E-state index in [4.69, 9.17) is 0 Å². The molecule has 1 fully saturated rings. The lowest BCUT2D eigenvalue weighted by atomic mass is 9.90. The summed E-state index contributed by atoms with van der Waals surface area (Å²) in [5, 5.41) is 8.59. The summed E-state index contributed by atoms with van der Waals surface area (Å²) in [6.45, 7) is 0.529. The summed E-state index contributed by atoms with van der Waals surface area (Å²) in [5.41, 5.74) is 1.18. The number of nitrogens with zero attached hydrogens (tertiary/aromatic N) is 1. The van der Waals surface area contributed by atoms with Gasteiger partial charge in [0, 0.05) is 36.1 Å². The van der Waals surface area contributed by atoms with Crippen molar-refractivity contribution in [3.05, 3.63) is 41.5 Å². The van der Waals surface area contributed by atoms with Crippen LogP contribution in [-0.2, 0) is 14.4 Å². The maximum Gasteiger partial charge on any atom is 0.471 e. The number of carbonyl (C=O) groups excluding carboxylic acids is 5. The molecule has 2 aliphatic rings. The van der Waals surface area contributed by atoms with Gasteiger partial charge in [0.1, 0.15) is 6.04 Å². The molecule has 12 heteroatoms. The summed E-state index contributed by atoms with van der Waals surface area (Å²) in [6, 6.07) is 7.67. The van der Waals surface area contributed by atoms with Gasteiger partial charge in [-0.1, -0.05) is 43.9 Å². The van der Waals surface area contributed by atoms with E-state index >= 15 is 0 Å². The Kier molecular flexibility index (Phi) is 8.51. The second-order valence-electron chi connectivity index (χ2n) is 9.64. The first-order chi connectivity index (χ1) is 18.6. The molecule has 2 heterocycles. The van der Waals surface area contributed by atoms with Crippen molar-refractivity contribution in [2.45, 2.75) is 63.6 Å². The molecule has 0 spiro atoms. The van der Waals surface area contributed by atoms with Crippen molar-refractivity contribution in [2.75, 3.05) is 18.4 Å². The molecule has 39 heavy (non-hydrogen) atoms. The summed E-state index contributed by atoms with van der Waals surface area (Å²) < 4.78 is 36.5. The van der Waals surface area contributed by atoms with Gasteiger partial charge in [-0.15, -0.1) is 0 Å². The molecule has 0 radical (unpaired) electrons. The van der Waals surface area contributed by atoms with Crippen LogP contribution in [-0.4, -0.2) is 59.7 Å². The number of alkyl halides is 3. The predicted molar refractivity (Wildman–Crippen MR) is 136 cm³/mol. The van der Waals surface area contributed by atoms with Crippen LogP contribution in [0.5, 0.6) is 0 Å². The van der Waals surface area contributed by atoms with Gasteiger partial charge in [-0.2, -0.15) is 13.2 Å². The van der Waals surface area contributed by atoms with Crippen LogP contribution in [0.4, 0.5) is 18.9 Å². The first kappa shape index (κ1) is 28.1. The summed E-state index contributed by atoms with van der Waals surface area (Å²) in [4.78, 5) is 62.8. The molecule has 9 nitrogen and oxygen atoms in total. The molecule has 5 amide bonds. The Bertz CT molecular complexity index is 1310. The monoisotopic (exact) mass is 546 g/mol. The molecular weight excluding hydrogens is 517 g/mol. The van der Waals surface area contributed by atoms with E-state index < -0.39 is 41.8 Å². The SMILES string of the molecule is O=C1CCC(N2C(=O)c3cccc4ccc(NCCCCCCCCNC(=O)C(F)(F)F)c(c34)C2=O)C(=O)N1. The molecule has 0 saturated carbocycles. The van der Waals surface area contributed by atoms with Crippen molar-refractivity contribution in [3.8, 4) is 0 Å². The van der Waals surface area contributed by atoms with Gasteiger partial charge in [-0.05, 0) is 36.8 Å². The number of piperidine rings is 1. The van der Waals surface area contributed by atoms with E-state index in [0.717, 1.165) is 36.0 Å². The molecule has 2 aromatic carbocycles. The molecular formula is C27H29F3N4O5. The van der Waals surface area contributed by atoms with E-state index in [1.165, 1.54) is 0 Å². The third kappa shape index (κ3) is 6.21. The fourth-order valence-corrected chi connectivity index (χ4v) is 4.96. The van der Waals surface area contributed by atoms with Crippen molar-refractivity contribution in [1.82, 2.24) is 15.5 Å². The molecule has 2 aliphatic heterocycles. The zero-order valence-electron chi connectivity index (χ0n) is 21.2. The smallest absolute Gasteiger partial charge is 0.384 e. The van der Waals surface area contributed by atoms with Gasteiger partial charge < -0.3 is 10.6 Å². The van der Waals surface area contributed by atoms with E-state index in [0.29, 0.717) is 41.6 Å². The molecule has 0 aliphatic carbocycles. The van der Waals surface area contributed by atoms with E-state index in [1.807, 2.05) is 17.4 Å². The summed E-state index contributed by atoms with van der Waals surface area (Å²) in [7, 11) is 0. The molecule has 208 valence electrons. The van der Waals surface area contributed by atoms with Gasteiger partial charge in [0.05, 0.1) is 5.56 Å². The molecule has 1 atom stereocenters. The van der Waals surface area contributed by atoms with Crippen molar-refractivity contribution in [2.24, 2.45) is 0 Å². The maximum absolute atomic E-state index is 13.6. The third-order valence-corrected chi connectivity index (χ3v) is 6.91. The van der Waals surface area contributed by atoms with E-state index in [-0.39, 0.29) is 19.4 Å². The zero-order valence-corrected chi connectivity index (χ0v) is 21.2. The number of nitrogens with one attached hydrogen (secondary N) is 3. The van der Waals surface area contributed by atoms with Crippen molar-refractivity contribution in [1.29, 1.82) is 0 Å². The number of amides is 5. The van der Waals surface area contributed by atoms with Crippen molar-refractivity contribution < 1.29 is 37.1 Å². The van der Waals surface area contributed by atoms with Gasteiger partial charge >= 0.3 is 12.1 Å². The highest BCUT2D eigenvalue weighted by molar-refractivity contribution is 6.28. The lowest BCUT2D eigenvalue weighted by Gasteiger charge is -2.35. The van der Waals surface area contributed by atoms with E-state index in [2.05, 4.69) is 10.6 Å². The van der Waals surface area contributed by atoms with Crippen LogP contribution in [0.1, 0.15) is 72.1 Å². The topological polar surface area (TPSA) is 125 Å². The highest BCUT2D eigenvalue weighted by atomic mass is 19.4. The fourth-order valence-electron chi connectivity index (χ4n) is 4.96. The molecule has 3 N–H and O–H groups in total. The predicted octanol–water partition coefficient (Wildman–Crippen LogP) is 3.67. The second-order valence-corrected chi connectivity index (χ2v) is 9.64. The Labute approximate surface area is 222 Å². The maximum atomic E-state index is 13.6. The average Bonchev–Trinajstić information content (AvgIpc) is 2.88. The van der Waals surface area contributed by atoms with Crippen LogP contribution in [0, 0.1) is 0 Å². The Morgan fingerprint density at radius 1 is 0.923 bits per heavy atom. The lowest BCUT2D eigenvalue weighted by Crippen LogP contribution is -2.57. The number of anilines is 1. The second kappa shape index (κ2) is 11.8. The quantitative estimate of drug-likeness (QED) is 0.292. The number of rotatable bonds is 11. The van der Waals surface area contributed by atoms with Crippen molar-refractivity contribution in [3.63, 3.8) is 0 Å². The molecule has 1 saturated heterocycles. The minimum absolute atomic E-state index is 0.0149. The largest absolute Gasteiger partial charge is 0.471 e. The van der Waals surface area contributed by atoms with Crippen molar-refractivity contribution >= 4 is 46.0 Å². The molecule has 0 bridgehead atoms. The molecule has 2 aromatic rings. The Balaban J connectivity index is 1.34. The zero-order chi connectivity index (χ0) is 28.2. The fraction of sp³-hybridized carbons (Fsp3) is 0.444. The first-order valence-corrected chi connectivity index (χ1v) is 13.0. The van der Waals surface area contributed by atoms with Gasteiger partial charge in [-0.25, -0.2) is 0 Å². The third-order valence-electron chi connectivity index (χ3n) is 6.91. The Morgan fingerprint density at radius 3 is 2.31 bits per heavy atom. The lowest BCUT2D eigenvalue weighted by molar-refractivity contribution is -0.173. The molecule has 1 unspecified atom stereocenters. The number of hydrogen-bond donors (Lipinski definition) is 3. The van der Waals surface area contributed by atoms with Gasteiger partial charge in [0.2, 0.25) is 11.8 Å². The number of imide groups is 2. The number of hydrogen-bond acceptors (Lipinski definition) is 6. The Morgan fingerprint density at radius 2 is 1.62 bits per heavy atom. The number of unbranched alkanes of at least 4 members (excludes halogenated alkanes) is 5. The van der Waals surface area contributed by atoms with Gasteiger partial charge in [0.25, 0.3) is 11.8 Å². The number of benzene rings is 2. The highest BCUT2D eigenvalue weighted by Gasteiger charge is 2.43. The molecule has 0 aromatic heterocycles. The van der Waals surface area contributed by atoms with E-state index in [9.17, 15) is 37.1 Å². The van der Waals surface area contributed by atoms with Crippen LogP contribution >= 0.6 is 0 Å². The summed E-state index contributed by atoms with van der Waals surface area (Å²) in [5.74, 6) is -4.18. The summed E-state index contributed by atoms with van der Waals surface area (Å²) in [6.07, 6.45) is -0.297. The normalized spacial score (nSPS) is 17.4. The first-order valence-electron chi connectivity index (χ1n) is 13.0.